The maximum absolute atomic E-state index is 12.7. The van der Waals surface area contributed by atoms with Crippen LogP contribution in [0.4, 0.5) is 0 Å². The smallest absolute Gasteiger partial charge is 0.172 e. The SMILES string of the molecule is Cc1cccc(C)c1CC(=O)c1cccc2c1OCCO2. The number of carbonyl (C=O) groups excluding carboxylic acids is 1. The summed E-state index contributed by atoms with van der Waals surface area (Å²) in [5, 5.41) is 0. The molecule has 2 aromatic rings. The van der Waals surface area contributed by atoms with E-state index in [1.807, 2.05) is 50.2 Å². The van der Waals surface area contributed by atoms with Crippen molar-refractivity contribution in [3.63, 3.8) is 0 Å². The summed E-state index contributed by atoms with van der Waals surface area (Å²) in [6.45, 7) is 5.09. The number of ketones is 1. The monoisotopic (exact) mass is 282 g/mol. The van der Waals surface area contributed by atoms with Gasteiger partial charge in [-0.05, 0) is 42.7 Å². The van der Waals surface area contributed by atoms with E-state index in [4.69, 9.17) is 9.47 Å². The van der Waals surface area contributed by atoms with Crippen LogP contribution in [0.15, 0.2) is 36.4 Å². The Balaban J connectivity index is 1.93. The van der Waals surface area contributed by atoms with Gasteiger partial charge in [0.1, 0.15) is 13.2 Å². The Hall–Kier alpha value is -2.29. The lowest BCUT2D eigenvalue weighted by atomic mass is 9.95. The quantitative estimate of drug-likeness (QED) is 0.808. The van der Waals surface area contributed by atoms with Crippen molar-refractivity contribution in [1.29, 1.82) is 0 Å². The Morgan fingerprint density at radius 3 is 2.43 bits per heavy atom. The lowest BCUT2D eigenvalue weighted by molar-refractivity contribution is 0.0981. The normalized spacial score (nSPS) is 13.0. The second-order valence-corrected chi connectivity index (χ2v) is 5.30. The molecule has 0 aromatic heterocycles. The molecule has 0 saturated carbocycles. The average molecular weight is 282 g/mol. The predicted octanol–water partition coefficient (Wildman–Crippen LogP) is 3.50. The summed E-state index contributed by atoms with van der Waals surface area (Å²) in [5.74, 6) is 1.31. The number of fused-ring (bicyclic) bond motifs is 1. The summed E-state index contributed by atoms with van der Waals surface area (Å²) in [6, 6.07) is 11.6. The number of rotatable bonds is 3. The van der Waals surface area contributed by atoms with E-state index in [-0.39, 0.29) is 5.78 Å². The van der Waals surface area contributed by atoms with Crippen molar-refractivity contribution in [2.24, 2.45) is 0 Å². The molecule has 0 unspecified atom stereocenters. The van der Waals surface area contributed by atoms with Crippen LogP contribution in [0.1, 0.15) is 27.0 Å². The molecule has 108 valence electrons. The van der Waals surface area contributed by atoms with E-state index in [0.29, 0.717) is 36.7 Å². The lowest BCUT2D eigenvalue weighted by Crippen LogP contribution is -2.18. The molecule has 21 heavy (non-hydrogen) atoms. The Kier molecular flexibility index (Phi) is 3.65. The van der Waals surface area contributed by atoms with E-state index in [1.54, 1.807) is 0 Å². The maximum atomic E-state index is 12.7. The maximum Gasteiger partial charge on any atom is 0.172 e. The molecule has 3 nitrogen and oxygen atoms in total. The van der Waals surface area contributed by atoms with Crippen molar-refractivity contribution in [2.75, 3.05) is 13.2 Å². The van der Waals surface area contributed by atoms with Gasteiger partial charge in [0.25, 0.3) is 0 Å². The summed E-state index contributed by atoms with van der Waals surface area (Å²) in [6.07, 6.45) is 0.387. The largest absolute Gasteiger partial charge is 0.486 e. The van der Waals surface area contributed by atoms with Crippen LogP contribution in [-0.2, 0) is 6.42 Å². The summed E-state index contributed by atoms with van der Waals surface area (Å²) in [5.41, 5.74) is 3.99. The number of hydrogen-bond acceptors (Lipinski definition) is 3. The molecule has 0 N–H and O–H groups in total. The number of carbonyl (C=O) groups is 1. The highest BCUT2D eigenvalue weighted by molar-refractivity contribution is 6.01. The number of Topliss-reactive ketones (excluding diaryl/α,β-unsaturated/α-hetero) is 1. The minimum atomic E-state index is 0.0646. The molecule has 0 aliphatic carbocycles. The Morgan fingerprint density at radius 2 is 1.67 bits per heavy atom. The fourth-order valence-electron chi connectivity index (χ4n) is 2.68. The van der Waals surface area contributed by atoms with E-state index in [1.165, 1.54) is 0 Å². The van der Waals surface area contributed by atoms with Gasteiger partial charge in [0.15, 0.2) is 17.3 Å². The van der Waals surface area contributed by atoms with E-state index in [2.05, 4.69) is 0 Å². The summed E-state index contributed by atoms with van der Waals surface area (Å²) in [7, 11) is 0. The first kappa shape index (κ1) is 13.7. The molecule has 0 fully saturated rings. The number of aryl methyl sites for hydroxylation is 2. The van der Waals surface area contributed by atoms with Crippen LogP contribution in [0.2, 0.25) is 0 Å². The van der Waals surface area contributed by atoms with Gasteiger partial charge < -0.3 is 9.47 Å². The molecule has 0 saturated heterocycles. The molecular weight excluding hydrogens is 264 g/mol. The summed E-state index contributed by atoms with van der Waals surface area (Å²) >= 11 is 0. The zero-order valence-electron chi connectivity index (χ0n) is 12.3. The van der Waals surface area contributed by atoms with E-state index < -0.39 is 0 Å². The summed E-state index contributed by atoms with van der Waals surface area (Å²) < 4.78 is 11.2. The van der Waals surface area contributed by atoms with Crippen LogP contribution < -0.4 is 9.47 Å². The molecule has 0 spiro atoms. The van der Waals surface area contributed by atoms with Crippen molar-refractivity contribution in [2.45, 2.75) is 20.3 Å². The van der Waals surface area contributed by atoms with Gasteiger partial charge in [-0.15, -0.1) is 0 Å². The second-order valence-electron chi connectivity index (χ2n) is 5.30. The van der Waals surface area contributed by atoms with Crippen LogP contribution in [0.5, 0.6) is 11.5 Å². The topological polar surface area (TPSA) is 35.5 Å². The van der Waals surface area contributed by atoms with Gasteiger partial charge in [0, 0.05) is 6.42 Å². The van der Waals surface area contributed by atoms with Crippen LogP contribution >= 0.6 is 0 Å². The third-order valence-electron chi connectivity index (χ3n) is 3.85. The molecule has 0 radical (unpaired) electrons. The minimum absolute atomic E-state index is 0.0646. The van der Waals surface area contributed by atoms with Crippen molar-refractivity contribution < 1.29 is 14.3 Å². The molecule has 0 bridgehead atoms. The van der Waals surface area contributed by atoms with Crippen LogP contribution in [0.3, 0.4) is 0 Å². The Labute approximate surface area is 124 Å². The van der Waals surface area contributed by atoms with Crippen LogP contribution in [0.25, 0.3) is 0 Å². The van der Waals surface area contributed by atoms with E-state index >= 15 is 0 Å². The van der Waals surface area contributed by atoms with Crippen molar-refractivity contribution in [1.82, 2.24) is 0 Å². The lowest BCUT2D eigenvalue weighted by Gasteiger charge is -2.20. The molecular formula is C18H18O3. The molecule has 1 aliphatic heterocycles. The van der Waals surface area contributed by atoms with Crippen LogP contribution in [0, 0.1) is 13.8 Å². The highest BCUT2D eigenvalue weighted by Crippen LogP contribution is 2.34. The van der Waals surface area contributed by atoms with Crippen LogP contribution in [-0.4, -0.2) is 19.0 Å². The second kappa shape index (κ2) is 5.60. The first-order valence-electron chi connectivity index (χ1n) is 7.13. The highest BCUT2D eigenvalue weighted by Gasteiger charge is 2.21. The Bertz CT molecular complexity index is 669. The molecule has 0 atom stereocenters. The molecule has 2 aromatic carbocycles. The fraction of sp³-hybridized carbons (Fsp3) is 0.278. The van der Waals surface area contributed by atoms with Gasteiger partial charge >= 0.3 is 0 Å². The van der Waals surface area contributed by atoms with Gasteiger partial charge in [-0.1, -0.05) is 24.3 Å². The number of ether oxygens (including phenoxy) is 2. The van der Waals surface area contributed by atoms with Crippen molar-refractivity contribution in [3.8, 4) is 11.5 Å². The molecule has 1 heterocycles. The highest BCUT2D eigenvalue weighted by atomic mass is 16.6. The Morgan fingerprint density at radius 1 is 1.00 bits per heavy atom. The number of benzene rings is 2. The zero-order chi connectivity index (χ0) is 14.8. The zero-order valence-corrected chi connectivity index (χ0v) is 12.3. The molecule has 3 rings (SSSR count). The van der Waals surface area contributed by atoms with Crippen molar-refractivity contribution >= 4 is 5.78 Å². The van der Waals surface area contributed by atoms with Gasteiger partial charge in [0.05, 0.1) is 5.56 Å². The average Bonchev–Trinajstić information content (AvgIpc) is 2.50. The van der Waals surface area contributed by atoms with Gasteiger partial charge in [-0.3, -0.25) is 4.79 Å². The third kappa shape index (κ3) is 2.64. The van der Waals surface area contributed by atoms with Gasteiger partial charge in [-0.25, -0.2) is 0 Å². The van der Waals surface area contributed by atoms with Gasteiger partial charge in [-0.2, -0.15) is 0 Å². The summed E-state index contributed by atoms with van der Waals surface area (Å²) in [4.78, 5) is 12.7. The first-order valence-corrected chi connectivity index (χ1v) is 7.13. The standard InChI is InChI=1S/C18H18O3/c1-12-5-3-6-13(2)15(12)11-16(19)14-7-4-8-17-18(14)21-10-9-20-17/h3-8H,9-11H2,1-2H3. The number of hydrogen-bond donors (Lipinski definition) is 0. The molecule has 1 aliphatic rings. The van der Waals surface area contributed by atoms with Gasteiger partial charge in [0.2, 0.25) is 0 Å². The van der Waals surface area contributed by atoms with E-state index in [9.17, 15) is 4.79 Å². The fourth-order valence-corrected chi connectivity index (χ4v) is 2.68. The first-order chi connectivity index (χ1) is 10.2. The van der Waals surface area contributed by atoms with E-state index in [0.717, 1.165) is 16.7 Å². The van der Waals surface area contributed by atoms with Crippen molar-refractivity contribution in [3.05, 3.63) is 58.7 Å². The minimum Gasteiger partial charge on any atom is -0.486 e. The number of para-hydroxylation sites is 1. The third-order valence-corrected chi connectivity index (χ3v) is 3.85. The molecule has 0 amide bonds. The predicted molar refractivity (Wildman–Crippen MR) is 81.4 cm³/mol. The molecule has 3 heteroatoms.